The maximum atomic E-state index is 13.3. The molecule has 33 heavy (non-hydrogen) atoms. The van der Waals surface area contributed by atoms with E-state index in [1.165, 1.54) is 0 Å². The summed E-state index contributed by atoms with van der Waals surface area (Å²) in [6, 6.07) is 7.69. The molecule has 0 radical (unpaired) electrons. The average molecular weight is 447 g/mol. The van der Waals surface area contributed by atoms with E-state index in [2.05, 4.69) is 15.4 Å². The van der Waals surface area contributed by atoms with Crippen molar-refractivity contribution in [2.45, 2.75) is 50.7 Å². The molecule has 2 aliphatic rings. The second kappa shape index (κ2) is 8.15. The van der Waals surface area contributed by atoms with Crippen LogP contribution < -0.4 is 10.1 Å². The summed E-state index contributed by atoms with van der Waals surface area (Å²) in [4.78, 5) is 17.6. The van der Waals surface area contributed by atoms with Crippen LogP contribution in [0.3, 0.4) is 0 Å². The number of aromatic nitrogens is 5. The fraction of sp³-hybridized carbons (Fsp3) is 0.417. The summed E-state index contributed by atoms with van der Waals surface area (Å²) in [5.74, 6) is 1.19. The van der Waals surface area contributed by atoms with Crippen LogP contribution in [-0.4, -0.2) is 48.1 Å². The average Bonchev–Trinajstić information content (AvgIpc) is 3.42. The predicted octanol–water partition coefficient (Wildman–Crippen LogP) is 3.60. The van der Waals surface area contributed by atoms with Gasteiger partial charge < -0.3 is 15.2 Å². The van der Waals surface area contributed by atoms with E-state index in [9.17, 15) is 9.90 Å². The monoisotopic (exact) mass is 446 g/mol. The van der Waals surface area contributed by atoms with Gasteiger partial charge in [-0.05, 0) is 62.6 Å². The van der Waals surface area contributed by atoms with Gasteiger partial charge in [-0.3, -0.25) is 9.48 Å². The molecular formula is C24H26N6O3. The summed E-state index contributed by atoms with van der Waals surface area (Å²) in [6.07, 6.45) is 11.4. The van der Waals surface area contributed by atoms with Crippen LogP contribution in [0, 0.1) is 5.92 Å². The molecule has 2 aliphatic carbocycles. The molecule has 0 bridgehead atoms. The number of nitrogens with one attached hydrogen (secondary N) is 1. The first-order valence-corrected chi connectivity index (χ1v) is 11.6. The Morgan fingerprint density at radius 2 is 2.03 bits per heavy atom. The van der Waals surface area contributed by atoms with E-state index in [0.717, 1.165) is 49.4 Å². The number of rotatable bonds is 6. The van der Waals surface area contributed by atoms with Crippen molar-refractivity contribution in [3.63, 3.8) is 0 Å². The third-order valence-corrected chi connectivity index (χ3v) is 6.65. The smallest absolute Gasteiger partial charge is 0.260 e. The summed E-state index contributed by atoms with van der Waals surface area (Å²) in [6.45, 7) is 0.260. The lowest BCUT2D eigenvalue weighted by Gasteiger charge is -2.27. The summed E-state index contributed by atoms with van der Waals surface area (Å²) in [7, 11) is 0. The minimum absolute atomic E-state index is 0.155. The molecule has 2 fully saturated rings. The minimum Gasteiger partial charge on any atom is -0.490 e. The number of aliphatic hydroxyl groups is 1. The van der Waals surface area contributed by atoms with Crippen LogP contribution in [0.2, 0.25) is 0 Å². The highest BCUT2D eigenvalue weighted by Gasteiger charge is 2.28. The number of fused-ring (bicyclic) bond motifs is 2. The zero-order chi connectivity index (χ0) is 22.4. The molecule has 2 saturated carbocycles. The number of imidazole rings is 1. The highest BCUT2D eigenvalue weighted by Crippen LogP contribution is 2.35. The Morgan fingerprint density at radius 3 is 2.82 bits per heavy atom. The number of aliphatic hydroxyl groups excluding tert-OH is 1. The van der Waals surface area contributed by atoms with E-state index in [1.54, 1.807) is 23.0 Å². The van der Waals surface area contributed by atoms with Gasteiger partial charge in [-0.1, -0.05) is 0 Å². The molecule has 0 saturated heterocycles. The molecule has 9 heteroatoms. The number of anilines is 1. The van der Waals surface area contributed by atoms with Crippen LogP contribution >= 0.6 is 0 Å². The zero-order valence-corrected chi connectivity index (χ0v) is 18.2. The molecule has 1 aromatic carbocycles. The number of hydrogen-bond donors (Lipinski definition) is 2. The first-order valence-electron chi connectivity index (χ1n) is 11.6. The van der Waals surface area contributed by atoms with Crippen molar-refractivity contribution >= 4 is 28.3 Å². The normalized spacial score (nSPS) is 20.9. The van der Waals surface area contributed by atoms with Gasteiger partial charge in [0.2, 0.25) is 0 Å². The quantitative estimate of drug-likeness (QED) is 0.469. The zero-order valence-electron chi connectivity index (χ0n) is 18.2. The molecule has 9 nitrogen and oxygen atoms in total. The van der Waals surface area contributed by atoms with Crippen LogP contribution in [0.4, 0.5) is 5.82 Å². The Kier molecular flexibility index (Phi) is 4.98. The lowest BCUT2D eigenvalue weighted by atomic mass is 9.87. The Labute approximate surface area is 190 Å². The number of ether oxygens (including phenoxy) is 1. The number of hydrogen-bond acceptors (Lipinski definition) is 6. The summed E-state index contributed by atoms with van der Waals surface area (Å²) in [5.41, 5.74) is 1.96. The first-order chi connectivity index (χ1) is 16.2. The maximum Gasteiger partial charge on any atom is 0.260 e. The predicted molar refractivity (Wildman–Crippen MR) is 122 cm³/mol. The molecule has 3 heterocycles. The topological polar surface area (TPSA) is 107 Å². The standard InChI is InChI=1S/C24H26N6O3/c31-14-15-3-5-17(6-4-15)29-13-16-10-19(21(11-20(16)28-29)33-18-7-8-18)24(32)27-23-12-25-22-2-1-9-26-30(22)23/h1-2,9-13,15,17-18,31H,3-8,14H2,(H,27,32). The van der Waals surface area contributed by atoms with E-state index in [1.807, 2.05) is 29.1 Å². The lowest BCUT2D eigenvalue weighted by molar-refractivity contribution is 0.102. The minimum atomic E-state index is -0.267. The number of carbonyl (C=O) groups excluding carboxylic acids is 1. The largest absolute Gasteiger partial charge is 0.490 e. The number of amides is 1. The van der Waals surface area contributed by atoms with Gasteiger partial charge in [-0.25, -0.2) is 4.98 Å². The van der Waals surface area contributed by atoms with Gasteiger partial charge in [0, 0.05) is 30.5 Å². The molecule has 0 atom stereocenters. The molecule has 4 aromatic rings. The van der Waals surface area contributed by atoms with Gasteiger partial charge in [0.25, 0.3) is 5.91 Å². The third kappa shape index (κ3) is 3.93. The first kappa shape index (κ1) is 20.2. The van der Waals surface area contributed by atoms with E-state index in [4.69, 9.17) is 9.84 Å². The van der Waals surface area contributed by atoms with Crippen molar-refractivity contribution in [3.05, 3.63) is 48.4 Å². The van der Waals surface area contributed by atoms with E-state index >= 15 is 0 Å². The fourth-order valence-electron chi connectivity index (χ4n) is 4.59. The molecule has 0 aliphatic heterocycles. The Hall–Kier alpha value is -3.46. The van der Waals surface area contributed by atoms with Crippen LogP contribution in [0.1, 0.15) is 54.9 Å². The van der Waals surface area contributed by atoms with E-state index in [0.29, 0.717) is 34.7 Å². The summed E-state index contributed by atoms with van der Waals surface area (Å²) < 4.78 is 9.72. The van der Waals surface area contributed by atoms with Crippen molar-refractivity contribution < 1.29 is 14.6 Å². The molecule has 3 aromatic heterocycles. The summed E-state index contributed by atoms with van der Waals surface area (Å²) in [5, 5.41) is 22.3. The lowest BCUT2D eigenvalue weighted by Crippen LogP contribution is -2.20. The maximum absolute atomic E-state index is 13.3. The fourth-order valence-corrected chi connectivity index (χ4v) is 4.59. The van der Waals surface area contributed by atoms with Gasteiger partial charge in [-0.15, -0.1) is 0 Å². The van der Waals surface area contributed by atoms with Gasteiger partial charge in [0.05, 0.1) is 29.4 Å². The highest BCUT2D eigenvalue weighted by atomic mass is 16.5. The van der Waals surface area contributed by atoms with E-state index in [-0.39, 0.29) is 18.6 Å². The molecule has 170 valence electrons. The number of benzene rings is 1. The number of nitrogens with zero attached hydrogens (tertiary/aromatic N) is 5. The Bertz CT molecular complexity index is 1320. The Morgan fingerprint density at radius 1 is 1.18 bits per heavy atom. The SMILES string of the molecule is O=C(Nc1cnc2cccnn12)c1cc2cn(C3CCC(CO)CC3)nc2cc1OC1CC1. The molecule has 6 rings (SSSR count). The van der Waals surface area contributed by atoms with Gasteiger partial charge >= 0.3 is 0 Å². The van der Waals surface area contributed by atoms with Crippen molar-refractivity contribution in [1.29, 1.82) is 0 Å². The van der Waals surface area contributed by atoms with Crippen molar-refractivity contribution in [3.8, 4) is 5.75 Å². The van der Waals surface area contributed by atoms with Crippen LogP contribution in [0.5, 0.6) is 5.75 Å². The van der Waals surface area contributed by atoms with Crippen LogP contribution in [0.25, 0.3) is 16.6 Å². The van der Waals surface area contributed by atoms with Crippen LogP contribution in [0.15, 0.2) is 42.9 Å². The second-order valence-electron chi connectivity index (χ2n) is 9.08. The van der Waals surface area contributed by atoms with Gasteiger partial charge in [0.15, 0.2) is 11.5 Å². The Balaban J connectivity index is 1.31. The van der Waals surface area contributed by atoms with Gasteiger partial charge in [0.1, 0.15) is 5.75 Å². The second-order valence-corrected chi connectivity index (χ2v) is 9.08. The van der Waals surface area contributed by atoms with Crippen LogP contribution in [-0.2, 0) is 0 Å². The highest BCUT2D eigenvalue weighted by molar-refractivity contribution is 6.08. The molecule has 0 unspecified atom stereocenters. The molecular weight excluding hydrogens is 420 g/mol. The summed E-state index contributed by atoms with van der Waals surface area (Å²) >= 11 is 0. The number of carbonyl (C=O) groups is 1. The molecule has 1 amide bonds. The van der Waals surface area contributed by atoms with Crippen molar-refractivity contribution in [2.75, 3.05) is 11.9 Å². The van der Waals surface area contributed by atoms with Crippen molar-refractivity contribution in [1.82, 2.24) is 24.4 Å². The molecule has 2 N–H and O–H groups in total. The molecule has 0 spiro atoms. The third-order valence-electron chi connectivity index (χ3n) is 6.65. The van der Waals surface area contributed by atoms with E-state index < -0.39 is 0 Å². The van der Waals surface area contributed by atoms with Gasteiger partial charge in [-0.2, -0.15) is 14.7 Å². The van der Waals surface area contributed by atoms with Crippen molar-refractivity contribution in [2.24, 2.45) is 5.92 Å².